The van der Waals surface area contributed by atoms with Crippen LogP contribution in [0.2, 0.25) is 0 Å². The quantitative estimate of drug-likeness (QED) is 0.840. The Hall–Kier alpha value is -2.00. The highest BCUT2D eigenvalue weighted by Gasteiger charge is 2.16. The highest BCUT2D eigenvalue weighted by atomic mass is 16.5. The molecule has 2 aromatic rings. The van der Waals surface area contributed by atoms with Gasteiger partial charge in [0.05, 0.1) is 0 Å². The van der Waals surface area contributed by atoms with Crippen LogP contribution in [0.5, 0.6) is 5.75 Å². The van der Waals surface area contributed by atoms with Gasteiger partial charge >= 0.3 is 0 Å². The molecule has 0 bridgehead atoms. The number of hydrogen-bond donors (Lipinski definition) is 2. The maximum absolute atomic E-state index is 10.4. The van der Waals surface area contributed by atoms with E-state index in [4.69, 9.17) is 10.5 Å². The number of nitrogen functional groups attached to an aromatic ring is 1. The molecule has 0 aromatic heterocycles. The molecule has 1 atom stereocenters. The zero-order valence-electron chi connectivity index (χ0n) is 12.1. The van der Waals surface area contributed by atoms with Crippen molar-refractivity contribution >= 4 is 5.69 Å². The molecule has 0 spiro atoms. The largest absolute Gasteiger partial charge is 0.488 e. The summed E-state index contributed by atoms with van der Waals surface area (Å²) < 4.78 is 5.76. The molecule has 20 heavy (non-hydrogen) atoms. The van der Waals surface area contributed by atoms with Crippen LogP contribution in [0.3, 0.4) is 0 Å². The minimum Gasteiger partial charge on any atom is -0.488 e. The van der Waals surface area contributed by atoms with Gasteiger partial charge in [0.2, 0.25) is 0 Å². The van der Waals surface area contributed by atoms with Crippen LogP contribution in [-0.4, -0.2) is 10.7 Å². The van der Waals surface area contributed by atoms with Crippen LogP contribution in [0.1, 0.15) is 38.0 Å². The lowest BCUT2D eigenvalue weighted by Gasteiger charge is -2.22. The predicted octanol–water partition coefficient (Wildman–Crippen LogP) is 3.53. The van der Waals surface area contributed by atoms with Gasteiger partial charge < -0.3 is 15.6 Å². The van der Waals surface area contributed by atoms with E-state index in [2.05, 4.69) is 0 Å². The molecular weight excluding hydrogens is 250 g/mol. The summed E-state index contributed by atoms with van der Waals surface area (Å²) in [6.45, 7) is 5.95. The van der Waals surface area contributed by atoms with E-state index in [0.29, 0.717) is 17.0 Å². The second-order valence-corrected chi connectivity index (χ2v) is 5.82. The van der Waals surface area contributed by atoms with E-state index < -0.39 is 6.10 Å². The van der Waals surface area contributed by atoms with Gasteiger partial charge in [-0.05, 0) is 32.4 Å². The lowest BCUT2D eigenvalue weighted by atomic mass is 10.00. The Morgan fingerprint density at radius 3 is 2.25 bits per heavy atom. The fourth-order valence-corrected chi connectivity index (χ4v) is 2.03. The highest BCUT2D eigenvalue weighted by Crippen LogP contribution is 2.30. The first-order valence-electron chi connectivity index (χ1n) is 6.68. The van der Waals surface area contributed by atoms with Crippen LogP contribution in [0.15, 0.2) is 48.5 Å². The third-order valence-electron chi connectivity index (χ3n) is 2.89. The van der Waals surface area contributed by atoms with Gasteiger partial charge in [-0.2, -0.15) is 0 Å². The second-order valence-electron chi connectivity index (χ2n) is 5.82. The van der Waals surface area contributed by atoms with Gasteiger partial charge in [-0.1, -0.05) is 36.4 Å². The maximum Gasteiger partial charge on any atom is 0.122 e. The zero-order chi connectivity index (χ0) is 14.8. The smallest absolute Gasteiger partial charge is 0.122 e. The van der Waals surface area contributed by atoms with Crippen LogP contribution in [0.4, 0.5) is 5.69 Å². The molecule has 1 unspecified atom stereocenters. The Morgan fingerprint density at radius 2 is 1.70 bits per heavy atom. The normalized spacial score (nSPS) is 13.0. The first kappa shape index (κ1) is 14.4. The first-order valence-corrected chi connectivity index (χ1v) is 6.68. The van der Waals surface area contributed by atoms with Crippen LogP contribution in [0.25, 0.3) is 0 Å². The topological polar surface area (TPSA) is 55.5 Å². The number of anilines is 1. The molecule has 0 heterocycles. The van der Waals surface area contributed by atoms with Crippen molar-refractivity contribution < 1.29 is 9.84 Å². The number of aliphatic hydroxyl groups excluding tert-OH is 1. The third-order valence-corrected chi connectivity index (χ3v) is 2.89. The molecule has 0 radical (unpaired) electrons. The van der Waals surface area contributed by atoms with Gasteiger partial charge in [0, 0.05) is 17.3 Å². The molecule has 0 aliphatic heterocycles. The van der Waals surface area contributed by atoms with Crippen LogP contribution < -0.4 is 10.5 Å². The fourth-order valence-electron chi connectivity index (χ4n) is 2.03. The van der Waals surface area contributed by atoms with E-state index in [9.17, 15) is 5.11 Å². The van der Waals surface area contributed by atoms with Gasteiger partial charge in [-0.15, -0.1) is 0 Å². The number of hydrogen-bond acceptors (Lipinski definition) is 3. The van der Waals surface area contributed by atoms with Crippen molar-refractivity contribution in [2.45, 2.75) is 32.5 Å². The molecule has 3 heteroatoms. The Morgan fingerprint density at radius 1 is 1.05 bits per heavy atom. The Balaban J connectivity index is 2.26. The standard InChI is InChI=1S/C17H21NO2/c1-17(2,3)20-13-9-10-14(15(18)11-13)16(19)12-7-5-4-6-8-12/h4-11,16,19H,18H2,1-3H3. The minimum absolute atomic E-state index is 0.272. The number of rotatable bonds is 3. The van der Waals surface area contributed by atoms with Crippen LogP contribution >= 0.6 is 0 Å². The molecule has 106 valence electrons. The van der Waals surface area contributed by atoms with E-state index >= 15 is 0 Å². The van der Waals surface area contributed by atoms with Crippen molar-refractivity contribution in [3.63, 3.8) is 0 Å². The van der Waals surface area contributed by atoms with Gasteiger partial charge in [0.15, 0.2) is 0 Å². The maximum atomic E-state index is 10.4. The van der Waals surface area contributed by atoms with Crippen molar-refractivity contribution in [1.29, 1.82) is 0 Å². The lowest BCUT2D eigenvalue weighted by Crippen LogP contribution is -2.23. The summed E-state index contributed by atoms with van der Waals surface area (Å²) in [4.78, 5) is 0. The minimum atomic E-state index is -0.722. The van der Waals surface area contributed by atoms with Gasteiger partial charge in [-0.25, -0.2) is 0 Å². The molecule has 0 aliphatic carbocycles. The van der Waals surface area contributed by atoms with E-state index in [-0.39, 0.29) is 5.60 Å². The summed E-state index contributed by atoms with van der Waals surface area (Å²) in [7, 11) is 0. The molecule has 0 fully saturated rings. The fraction of sp³-hybridized carbons (Fsp3) is 0.294. The van der Waals surface area contributed by atoms with Gasteiger partial charge in [0.1, 0.15) is 17.5 Å². The van der Waals surface area contributed by atoms with E-state index in [1.165, 1.54) is 0 Å². The number of nitrogens with two attached hydrogens (primary N) is 1. The second kappa shape index (κ2) is 5.55. The SMILES string of the molecule is CC(C)(C)Oc1ccc(C(O)c2ccccc2)c(N)c1. The third kappa shape index (κ3) is 3.52. The molecule has 2 rings (SSSR count). The predicted molar refractivity (Wildman–Crippen MR) is 81.7 cm³/mol. The number of ether oxygens (including phenoxy) is 1. The van der Waals surface area contributed by atoms with Gasteiger partial charge in [0.25, 0.3) is 0 Å². The average molecular weight is 271 g/mol. The van der Waals surface area contributed by atoms with E-state index in [0.717, 1.165) is 5.56 Å². The molecule has 0 saturated carbocycles. The molecule has 3 N–H and O–H groups in total. The van der Waals surface area contributed by atoms with E-state index in [1.807, 2.05) is 63.2 Å². The Bertz CT molecular complexity index is 573. The van der Waals surface area contributed by atoms with Crippen molar-refractivity contribution in [2.75, 3.05) is 5.73 Å². The molecule has 2 aromatic carbocycles. The monoisotopic (exact) mass is 271 g/mol. The summed E-state index contributed by atoms with van der Waals surface area (Å²) >= 11 is 0. The Kier molecular flexibility index (Phi) is 4.00. The number of benzene rings is 2. The van der Waals surface area contributed by atoms with Crippen molar-refractivity contribution in [3.05, 3.63) is 59.7 Å². The van der Waals surface area contributed by atoms with Crippen molar-refractivity contribution in [3.8, 4) is 5.75 Å². The zero-order valence-corrected chi connectivity index (χ0v) is 12.1. The van der Waals surface area contributed by atoms with Crippen molar-refractivity contribution in [2.24, 2.45) is 0 Å². The molecule has 0 amide bonds. The number of aliphatic hydroxyl groups is 1. The average Bonchev–Trinajstić information content (AvgIpc) is 2.37. The van der Waals surface area contributed by atoms with E-state index in [1.54, 1.807) is 6.07 Å². The first-order chi connectivity index (χ1) is 9.37. The van der Waals surface area contributed by atoms with Crippen molar-refractivity contribution in [1.82, 2.24) is 0 Å². The van der Waals surface area contributed by atoms with Crippen LogP contribution in [0, 0.1) is 0 Å². The summed E-state index contributed by atoms with van der Waals surface area (Å²) in [6, 6.07) is 14.9. The van der Waals surface area contributed by atoms with Gasteiger partial charge in [-0.3, -0.25) is 0 Å². The molecule has 3 nitrogen and oxygen atoms in total. The molecule has 0 saturated heterocycles. The lowest BCUT2D eigenvalue weighted by molar-refractivity contribution is 0.131. The summed E-state index contributed by atoms with van der Waals surface area (Å²) in [5.74, 6) is 0.707. The summed E-state index contributed by atoms with van der Waals surface area (Å²) in [5, 5.41) is 10.4. The van der Waals surface area contributed by atoms with Crippen LogP contribution in [-0.2, 0) is 0 Å². The Labute approximate surface area is 120 Å². The summed E-state index contributed by atoms with van der Waals surface area (Å²) in [6.07, 6.45) is -0.722. The molecule has 0 aliphatic rings. The molecular formula is C17H21NO2. The summed E-state index contributed by atoms with van der Waals surface area (Å²) in [5.41, 5.74) is 7.81. The highest BCUT2D eigenvalue weighted by molar-refractivity contribution is 5.54.